The first kappa shape index (κ1) is 15.9. The molecule has 0 aliphatic carbocycles. The van der Waals surface area contributed by atoms with Gasteiger partial charge >= 0.3 is 6.03 Å². The second-order valence-electron chi connectivity index (χ2n) is 4.62. The van der Waals surface area contributed by atoms with Gasteiger partial charge in [-0.25, -0.2) is 4.79 Å². The van der Waals surface area contributed by atoms with E-state index >= 15 is 0 Å². The zero-order chi connectivity index (χ0) is 15.9. The van der Waals surface area contributed by atoms with Crippen LogP contribution < -0.4 is 15.4 Å². The molecule has 0 aliphatic heterocycles. The van der Waals surface area contributed by atoms with Crippen molar-refractivity contribution in [3.63, 3.8) is 0 Å². The molecule has 2 aromatic rings. The molecule has 0 saturated heterocycles. The van der Waals surface area contributed by atoms with Gasteiger partial charge in [0.1, 0.15) is 5.75 Å². The largest absolute Gasteiger partial charge is 0.497 e. The number of hydrogen-bond donors (Lipinski definition) is 2. The summed E-state index contributed by atoms with van der Waals surface area (Å²) >= 11 is 6.01. The summed E-state index contributed by atoms with van der Waals surface area (Å²) in [4.78, 5) is 11.8. The highest BCUT2D eigenvalue weighted by Gasteiger charge is 2.04. The number of benzene rings is 2. The van der Waals surface area contributed by atoms with E-state index in [-0.39, 0.29) is 6.03 Å². The molecule has 0 fully saturated rings. The molecule has 0 heterocycles. The third-order valence-corrected chi connectivity index (χ3v) is 3.51. The number of ether oxygens (including phenoxy) is 1. The molecule has 0 aromatic heterocycles. The molecule has 0 atom stereocenters. The highest BCUT2D eigenvalue weighted by atomic mass is 35.5. The van der Waals surface area contributed by atoms with E-state index in [0.717, 1.165) is 16.9 Å². The van der Waals surface area contributed by atoms with Gasteiger partial charge in [-0.05, 0) is 48.4 Å². The summed E-state index contributed by atoms with van der Waals surface area (Å²) in [6.07, 6.45) is 3.36. The lowest BCUT2D eigenvalue weighted by atomic mass is 10.2. The van der Waals surface area contributed by atoms with Crippen molar-refractivity contribution in [2.45, 2.75) is 6.92 Å². The molecular formula is C17H17ClN2O2. The molecule has 0 aliphatic rings. The molecule has 2 N–H and O–H groups in total. The zero-order valence-electron chi connectivity index (χ0n) is 12.4. The van der Waals surface area contributed by atoms with E-state index in [1.165, 1.54) is 0 Å². The fraction of sp³-hybridized carbons (Fsp3) is 0.118. The van der Waals surface area contributed by atoms with Crippen LogP contribution in [0.4, 0.5) is 10.5 Å². The van der Waals surface area contributed by atoms with Crippen LogP contribution in [-0.4, -0.2) is 13.1 Å². The summed E-state index contributed by atoms with van der Waals surface area (Å²) in [5.74, 6) is 0.765. The van der Waals surface area contributed by atoms with Crippen LogP contribution in [0.3, 0.4) is 0 Å². The third kappa shape index (κ3) is 4.27. The van der Waals surface area contributed by atoms with E-state index in [4.69, 9.17) is 16.3 Å². The molecule has 2 aromatic carbocycles. The molecule has 2 amide bonds. The minimum absolute atomic E-state index is 0.329. The molecule has 22 heavy (non-hydrogen) atoms. The maximum Gasteiger partial charge on any atom is 0.323 e. The van der Waals surface area contributed by atoms with E-state index in [2.05, 4.69) is 10.6 Å². The Labute approximate surface area is 134 Å². The molecule has 0 bridgehead atoms. The molecule has 0 saturated carbocycles. The van der Waals surface area contributed by atoms with Gasteiger partial charge in [0.15, 0.2) is 0 Å². The summed E-state index contributed by atoms with van der Waals surface area (Å²) in [5.41, 5.74) is 2.44. The molecule has 0 radical (unpaired) electrons. The van der Waals surface area contributed by atoms with Crippen LogP contribution in [0.2, 0.25) is 5.02 Å². The first-order chi connectivity index (χ1) is 10.6. The summed E-state index contributed by atoms with van der Waals surface area (Å²) in [7, 11) is 1.61. The van der Waals surface area contributed by atoms with Gasteiger partial charge in [-0.3, -0.25) is 0 Å². The lowest BCUT2D eigenvalue weighted by Gasteiger charge is -2.08. The Morgan fingerprint density at radius 3 is 2.77 bits per heavy atom. The van der Waals surface area contributed by atoms with Crippen LogP contribution >= 0.6 is 11.6 Å². The zero-order valence-corrected chi connectivity index (χ0v) is 13.1. The average molecular weight is 317 g/mol. The van der Waals surface area contributed by atoms with Crippen molar-refractivity contribution >= 4 is 29.4 Å². The van der Waals surface area contributed by atoms with Crippen LogP contribution in [0.1, 0.15) is 11.1 Å². The van der Waals surface area contributed by atoms with Gasteiger partial charge in [0.05, 0.1) is 7.11 Å². The van der Waals surface area contributed by atoms with E-state index in [1.54, 1.807) is 37.6 Å². The second kappa shape index (κ2) is 7.52. The van der Waals surface area contributed by atoms with Crippen molar-refractivity contribution in [1.82, 2.24) is 5.32 Å². The third-order valence-electron chi connectivity index (χ3n) is 3.10. The van der Waals surface area contributed by atoms with Crippen molar-refractivity contribution in [2.24, 2.45) is 0 Å². The second-order valence-corrected chi connectivity index (χ2v) is 5.03. The molecule has 0 unspecified atom stereocenters. The lowest BCUT2D eigenvalue weighted by Crippen LogP contribution is -2.24. The van der Waals surface area contributed by atoms with Gasteiger partial charge < -0.3 is 15.4 Å². The number of urea groups is 1. The Hall–Kier alpha value is -2.46. The fourth-order valence-electron chi connectivity index (χ4n) is 1.86. The van der Waals surface area contributed by atoms with E-state index < -0.39 is 0 Å². The number of methoxy groups -OCH3 is 1. The van der Waals surface area contributed by atoms with Gasteiger partial charge in [0.25, 0.3) is 0 Å². The van der Waals surface area contributed by atoms with Crippen LogP contribution in [0.15, 0.2) is 48.7 Å². The number of nitrogens with one attached hydrogen (secondary N) is 2. The van der Waals surface area contributed by atoms with E-state index in [0.29, 0.717) is 10.7 Å². The maximum atomic E-state index is 11.8. The topological polar surface area (TPSA) is 50.4 Å². The molecule has 4 nitrogen and oxygen atoms in total. The number of carbonyl (C=O) groups excluding carboxylic acids is 1. The van der Waals surface area contributed by atoms with Crippen LogP contribution in [0.25, 0.3) is 6.08 Å². The fourth-order valence-corrected chi connectivity index (χ4v) is 2.03. The first-order valence-corrected chi connectivity index (χ1v) is 7.11. The van der Waals surface area contributed by atoms with E-state index in [9.17, 15) is 4.79 Å². The number of anilines is 1. The Balaban J connectivity index is 1.95. The Morgan fingerprint density at radius 1 is 1.23 bits per heavy atom. The predicted molar refractivity (Wildman–Crippen MR) is 90.4 cm³/mol. The Morgan fingerprint density at radius 2 is 2.00 bits per heavy atom. The number of rotatable bonds is 4. The smallest absolute Gasteiger partial charge is 0.323 e. The SMILES string of the molecule is COc1cccc(/C=C/NC(=O)Nc2cccc(Cl)c2C)c1. The molecule has 5 heteroatoms. The normalized spacial score (nSPS) is 10.5. The predicted octanol–water partition coefficient (Wildman–Crippen LogP) is 4.45. The van der Waals surface area contributed by atoms with Gasteiger partial charge in [-0.1, -0.05) is 29.8 Å². The summed E-state index contributed by atoms with van der Waals surface area (Å²) in [6, 6.07) is 12.6. The first-order valence-electron chi connectivity index (χ1n) is 6.73. The van der Waals surface area contributed by atoms with Gasteiger partial charge in [0, 0.05) is 16.9 Å². The van der Waals surface area contributed by atoms with Crippen LogP contribution in [-0.2, 0) is 0 Å². The molecule has 2 rings (SSSR count). The van der Waals surface area contributed by atoms with Gasteiger partial charge in [0.2, 0.25) is 0 Å². The van der Waals surface area contributed by atoms with Crippen molar-refractivity contribution in [2.75, 3.05) is 12.4 Å². The number of hydrogen-bond acceptors (Lipinski definition) is 2. The standard InChI is InChI=1S/C17H17ClN2O2/c1-12-15(18)7-4-8-16(12)20-17(21)19-10-9-13-5-3-6-14(11-13)22-2/h3-11H,1-2H3,(H2,19,20,21)/b10-9+. The van der Waals surface area contributed by atoms with Crippen molar-refractivity contribution in [1.29, 1.82) is 0 Å². The number of carbonyl (C=O) groups is 1. The van der Waals surface area contributed by atoms with Gasteiger partial charge in [-0.15, -0.1) is 0 Å². The summed E-state index contributed by atoms with van der Waals surface area (Å²) in [5, 5.41) is 6.01. The summed E-state index contributed by atoms with van der Waals surface area (Å²) < 4.78 is 5.14. The van der Waals surface area contributed by atoms with E-state index in [1.807, 2.05) is 31.2 Å². The van der Waals surface area contributed by atoms with Gasteiger partial charge in [-0.2, -0.15) is 0 Å². The quantitative estimate of drug-likeness (QED) is 0.875. The summed E-state index contributed by atoms with van der Waals surface area (Å²) in [6.45, 7) is 1.85. The Bertz CT molecular complexity index is 699. The van der Waals surface area contributed by atoms with Crippen molar-refractivity contribution in [3.05, 3.63) is 64.8 Å². The van der Waals surface area contributed by atoms with Crippen LogP contribution in [0.5, 0.6) is 5.75 Å². The Kier molecular flexibility index (Phi) is 5.44. The molecule has 0 spiro atoms. The monoisotopic (exact) mass is 316 g/mol. The van der Waals surface area contributed by atoms with Crippen molar-refractivity contribution < 1.29 is 9.53 Å². The number of halogens is 1. The minimum atomic E-state index is -0.329. The van der Waals surface area contributed by atoms with Crippen molar-refractivity contribution in [3.8, 4) is 5.75 Å². The number of amides is 2. The van der Waals surface area contributed by atoms with Crippen LogP contribution in [0, 0.1) is 6.92 Å². The molecule has 114 valence electrons. The highest BCUT2D eigenvalue weighted by molar-refractivity contribution is 6.31. The maximum absolute atomic E-state index is 11.8. The molecular weight excluding hydrogens is 300 g/mol. The minimum Gasteiger partial charge on any atom is -0.497 e. The lowest BCUT2D eigenvalue weighted by molar-refractivity contribution is 0.255. The highest BCUT2D eigenvalue weighted by Crippen LogP contribution is 2.22. The average Bonchev–Trinajstić information content (AvgIpc) is 2.52.